The van der Waals surface area contributed by atoms with Gasteiger partial charge in [-0.15, -0.1) is 11.6 Å². The molecule has 0 aromatic carbocycles. The average Bonchev–Trinajstić information content (AvgIpc) is 2.02. The van der Waals surface area contributed by atoms with Crippen LogP contribution >= 0.6 is 11.6 Å². The Morgan fingerprint density at radius 2 is 1.73 bits per heavy atom. The van der Waals surface area contributed by atoms with Gasteiger partial charge in [0, 0.05) is 17.5 Å². The van der Waals surface area contributed by atoms with Crippen molar-refractivity contribution in [2.75, 3.05) is 12.3 Å². The molecule has 5 heteroatoms. The van der Waals surface area contributed by atoms with Gasteiger partial charge in [-0.1, -0.05) is 0 Å². The number of hydrogen-bond acceptors (Lipinski definition) is 3. The Hall–Kier alpha value is 0.200. The van der Waals surface area contributed by atoms with Crippen molar-refractivity contribution in [3.05, 3.63) is 0 Å². The molecule has 15 heavy (non-hydrogen) atoms. The maximum Gasteiger partial charge on any atom is 0.153 e. The summed E-state index contributed by atoms with van der Waals surface area (Å²) in [5, 5.41) is 2.81. The minimum absolute atomic E-state index is 0.0424. The van der Waals surface area contributed by atoms with Gasteiger partial charge in [0.1, 0.15) is 0 Å². The highest BCUT2D eigenvalue weighted by atomic mass is 35.5. The molecule has 0 aromatic heterocycles. The molecule has 0 aliphatic rings. The summed E-state index contributed by atoms with van der Waals surface area (Å²) in [6.45, 7) is 9.67. The number of nitrogens with one attached hydrogen (secondary N) is 1. The van der Waals surface area contributed by atoms with Crippen LogP contribution < -0.4 is 5.32 Å². The molecular formula is C10H22ClNO2S. The van der Waals surface area contributed by atoms with E-state index in [0.29, 0.717) is 6.54 Å². The van der Waals surface area contributed by atoms with Gasteiger partial charge < -0.3 is 5.32 Å². The first-order valence-corrected chi connectivity index (χ1v) is 7.35. The Morgan fingerprint density at radius 1 is 1.27 bits per heavy atom. The van der Waals surface area contributed by atoms with Crippen molar-refractivity contribution in [3.63, 3.8) is 0 Å². The maximum atomic E-state index is 11.5. The molecule has 3 nitrogen and oxygen atoms in total. The molecule has 0 amide bonds. The van der Waals surface area contributed by atoms with E-state index in [9.17, 15) is 8.42 Å². The lowest BCUT2D eigenvalue weighted by molar-refractivity contribution is 0.392. The number of alkyl halides is 1. The number of hydrogen-bond donors (Lipinski definition) is 1. The van der Waals surface area contributed by atoms with E-state index in [2.05, 4.69) is 5.32 Å². The fourth-order valence-corrected chi connectivity index (χ4v) is 1.83. The molecule has 1 unspecified atom stereocenters. The summed E-state index contributed by atoms with van der Waals surface area (Å²) >= 11 is 5.97. The van der Waals surface area contributed by atoms with Crippen LogP contribution in [-0.2, 0) is 9.84 Å². The molecule has 0 rings (SSSR count). The standard InChI is InChI=1S/C10H22ClNO2S/c1-8(2)15(13,14)7-6-12-10(4,5)9(3)11/h8-9,12H,6-7H2,1-5H3. The highest BCUT2D eigenvalue weighted by Gasteiger charge is 2.24. The molecule has 0 saturated heterocycles. The molecule has 1 atom stereocenters. The smallest absolute Gasteiger partial charge is 0.153 e. The van der Waals surface area contributed by atoms with Gasteiger partial charge in [-0.2, -0.15) is 0 Å². The quantitative estimate of drug-likeness (QED) is 0.737. The maximum absolute atomic E-state index is 11.5. The largest absolute Gasteiger partial charge is 0.309 e. The average molecular weight is 256 g/mol. The minimum Gasteiger partial charge on any atom is -0.309 e. The first-order chi connectivity index (χ1) is 6.59. The Balaban J connectivity index is 4.12. The van der Waals surface area contributed by atoms with Crippen molar-refractivity contribution in [1.82, 2.24) is 5.32 Å². The van der Waals surface area contributed by atoms with E-state index in [1.807, 2.05) is 20.8 Å². The van der Waals surface area contributed by atoms with Crippen LogP contribution in [-0.4, -0.2) is 36.9 Å². The van der Waals surface area contributed by atoms with Crippen LogP contribution in [0.2, 0.25) is 0 Å². The Kier molecular flexibility index (Phi) is 5.58. The first kappa shape index (κ1) is 15.2. The SMILES string of the molecule is CC(Cl)C(C)(C)NCCS(=O)(=O)C(C)C. The Bertz CT molecular complexity index is 284. The Labute approximate surface area is 98.5 Å². The second kappa shape index (κ2) is 5.51. The van der Waals surface area contributed by atoms with Crippen LogP contribution in [0.25, 0.3) is 0 Å². The van der Waals surface area contributed by atoms with Crippen LogP contribution in [0.3, 0.4) is 0 Å². The topological polar surface area (TPSA) is 46.2 Å². The molecule has 0 aliphatic heterocycles. The van der Waals surface area contributed by atoms with Crippen molar-refractivity contribution in [3.8, 4) is 0 Å². The molecule has 0 saturated carbocycles. The van der Waals surface area contributed by atoms with E-state index >= 15 is 0 Å². The highest BCUT2D eigenvalue weighted by molar-refractivity contribution is 7.92. The van der Waals surface area contributed by atoms with E-state index < -0.39 is 9.84 Å². The van der Waals surface area contributed by atoms with Crippen LogP contribution in [0.1, 0.15) is 34.6 Å². The van der Waals surface area contributed by atoms with Gasteiger partial charge in [0.15, 0.2) is 9.84 Å². The molecule has 0 aromatic rings. The summed E-state index contributed by atoms with van der Waals surface area (Å²) in [6, 6.07) is 0. The monoisotopic (exact) mass is 255 g/mol. The predicted molar refractivity (Wildman–Crippen MR) is 66.3 cm³/mol. The molecule has 0 fully saturated rings. The van der Waals surface area contributed by atoms with E-state index in [1.54, 1.807) is 13.8 Å². The predicted octanol–water partition coefficient (Wildman–Crippen LogP) is 1.81. The summed E-state index contributed by atoms with van der Waals surface area (Å²) in [5.41, 5.74) is -0.242. The summed E-state index contributed by atoms with van der Waals surface area (Å²) < 4.78 is 23.0. The lowest BCUT2D eigenvalue weighted by Crippen LogP contribution is -2.47. The summed E-state index contributed by atoms with van der Waals surface area (Å²) in [4.78, 5) is 0. The summed E-state index contributed by atoms with van der Waals surface area (Å²) in [7, 11) is -2.95. The molecule has 1 N–H and O–H groups in total. The normalized spacial score (nSPS) is 15.7. The fraction of sp³-hybridized carbons (Fsp3) is 1.00. The minimum atomic E-state index is -2.95. The molecule has 0 heterocycles. The zero-order valence-corrected chi connectivity index (χ0v) is 11.7. The summed E-state index contributed by atoms with van der Waals surface area (Å²) in [6.07, 6.45) is 0. The van der Waals surface area contributed by atoms with Crippen molar-refractivity contribution in [2.24, 2.45) is 0 Å². The number of rotatable bonds is 6. The molecule has 0 aliphatic carbocycles. The van der Waals surface area contributed by atoms with Crippen LogP contribution in [0.4, 0.5) is 0 Å². The number of sulfone groups is 1. The zero-order valence-electron chi connectivity index (χ0n) is 10.2. The van der Waals surface area contributed by atoms with Crippen LogP contribution in [0.5, 0.6) is 0 Å². The molecule has 0 bridgehead atoms. The second-order valence-electron chi connectivity index (χ2n) is 4.68. The van der Waals surface area contributed by atoms with Crippen molar-refractivity contribution < 1.29 is 8.42 Å². The highest BCUT2D eigenvalue weighted by Crippen LogP contribution is 2.14. The third kappa shape index (κ3) is 5.18. The third-order valence-corrected chi connectivity index (χ3v) is 5.44. The Morgan fingerprint density at radius 3 is 2.07 bits per heavy atom. The molecule has 92 valence electrons. The van der Waals surface area contributed by atoms with Gasteiger partial charge in [-0.05, 0) is 34.6 Å². The lowest BCUT2D eigenvalue weighted by atomic mass is 10.0. The van der Waals surface area contributed by atoms with Gasteiger partial charge in [-0.3, -0.25) is 0 Å². The summed E-state index contributed by atoms with van der Waals surface area (Å²) in [5.74, 6) is 0.164. The third-order valence-electron chi connectivity index (χ3n) is 2.68. The van der Waals surface area contributed by atoms with Crippen LogP contribution in [0.15, 0.2) is 0 Å². The van der Waals surface area contributed by atoms with Crippen LogP contribution in [0, 0.1) is 0 Å². The molecule has 0 radical (unpaired) electrons. The number of halogens is 1. The molecular weight excluding hydrogens is 234 g/mol. The van der Waals surface area contributed by atoms with E-state index in [0.717, 1.165) is 0 Å². The van der Waals surface area contributed by atoms with Crippen molar-refractivity contribution in [1.29, 1.82) is 0 Å². The van der Waals surface area contributed by atoms with E-state index in [-0.39, 0.29) is 21.9 Å². The van der Waals surface area contributed by atoms with Gasteiger partial charge in [0.2, 0.25) is 0 Å². The zero-order chi connectivity index (χ0) is 12.3. The van der Waals surface area contributed by atoms with E-state index in [1.165, 1.54) is 0 Å². The second-order valence-corrected chi connectivity index (χ2v) is 8.01. The van der Waals surface area contributed by atoms with Gasteiger partial charge >= 0.3 is 0 Å². The van der Waals surface area contributed by atoms with Crippen molar-refractivity contribution >= 4 is 21.4 Å². The van der Waals surface area contributed by atoms with Gasteiger partial charge in [0.05, 0.1) is 11.0 Å². The lowest BCUT2D eigenvalue weighted by Gasteiger charge is -2.29. The fourth-order valence-electron chi connectivity index (χ4n) is 0.892. The first-order valence-electron chi connectivity index (χ1n) is 5.20. The van der Waals surface area contributed by atoms with E-state index in [4.69, 9.17) is 11.6 Å². The molecule has 0 spiro atoms. The van der Waals surface area contributed by atoms with Crippen molar-refractivity contribution in [2.45, 2.75) is 50.8 Å². The van der Waals surface area contributed by atoms with Gasteiger partial charge in [0.25, 0.3) is 0 Å². The van der Waals surface area contributed by atoms with Gasteiger partial charge in [-0.25, -0.2) is 8.42 Å².